The first-order valence-electron chi connectivity index (χ1n) is 7.55. The fourth-order valence-corrected chi connectivity index (χ4v) is 3.23. The highest BCUT2D eigenvalue weighted by atomic mass is 19.4. The summed E-state index contributed by atoms with van der Waals surface area (Å²) in [7, 11) is 0. The summed E-state index contributed by atoms with van der Waals surface area (Å²) in [6.45, 7) is 0.448. The van der Waals surface area contributed by atoms with Crippen LogP contribution in [0.3, 0.4) is 0 Å². The lowest BCUT2D eigenvalue weighted by atomic mass is 10.1. The average molecular weight is 358 g/mol. The van der Waals surface area contributed by atoms with E-state index >= 15 is 0 Å². The molecule has 1 aromatic carbocycles. The number of benzene rings is 1. The SMILES string of the molecule is N#CC1C[C@@H]2[C@@H](CCN2C(=O)Nc2ccc(OC(F)(F)F)cc2F)N1. The highest BCUT2D eigenvalue weighted by Crippen LogP contribution is 2.30. The summed E-state index contributed by atoms with van der Waals surface area (Å²) < 4.78 is 53.9. The first-order chi connectivity index (χ1) is 11.8. The minimum atomic E-state index is -4.92. The van der Waals surface area contributed by atoms with E-state index < -0.39 is 24.0 Å². The number of hydrogen-bond acceptors (Lipinski definition) is 4. The average Bonchev–Trinajstić information content (AvgIpc) is 3.07. The molecular weight excluding hydrogens is 344 g/mol. The number of alkyl halides is 3. The van der Waals surface area contributed by atoms with Gasteiger partial charge in [0.05, 0.1) is 23.8 Å². The molecule has 6 nitrogen and oxygen atoms in total. The molecule has 2 heterocycles. The zero-order valence-corrected chi connectivity index (χ0v) is 12.8. The van der Waals surface area contributed by atoms with Crippen LogP contribution in [0.5, 0.6) is 5.75 Å². The van der Waals surface area contributed by atoms with Crippen LogP contribution in [0.2, 0.25) is 0 Å². The van der Waals surface area contributed by atoms with Gasteiger partial charge in [0, 0.05) is 18.7 Å². The predicted octanol–water partition coefficient (Wildman–Crippen LogP) is 2.58. The van der Waals surface area contributed by atoms with Gasteiger partial charge < -0.3 is 15.0 Å². The van der Waals surface area contributed by atoms with Gasteiger partial charge in [-0.05, 0) is 25.0 Å². The number of carbonyl (C=O) groups excluding carboxylic acids is 1. The van der Waals surface area contributed by atoms with Crippen molar-refractivity contribution in [2.24, 2.45) is 0 Å². The van der Waals surface area contributed by atoms with Crippen molar-refractivity contribution in [2.75, 3.05) is 11.9 Å². The van der Waals surface area contributed by atoms with E-state index in [1.165, 1.54) is 4.90 Å². The van der Waals surface area contributed by atoms with E-state index in [1.807, 2.05) is 0 Å². The van der Waals surface area contributed by atoms with Crippen molar-refractivity contribution in [1.82, 2.24) is 10.2 Å². The van der Waals surface area contributed by atoms with Gasteiger partial charge in [-0.25, -0.2) is 9.18 Å². The molecule has 2 N–H and O–H groups in total. The van der Waals surface area contributed by atoms with Crippen LogP contribution in [0.1, 0.15) is 12.8 Å². The Morgan fingerprint density at radius 1 is 1.44 bits per heavy atom. The van der Waals surface area contributed by atoms with Gasteiger partial charge in [0.2, 0.25) is 0 Å². The smallest absolute Gasteiger partial charge is 0.406 e. The summed E-state index contributed by atoms with van der Waals surface area (Å²) in [5, 5.41) is 14.4. The molecule has 25 heavy (non-hydrogen) atoms. The standard InChI is InChI=1S/C15H14F4N4O2/c16-10-6-9(25-15(17,18)19)1-2-11(10)22-14(24)23-4-3-12-13(23)5-8(7-20)21-12/h1-2,6,8,12-13,21H,3-5H2,(H,22,24)/t8?,12-,13-/m1/s1. The molecule has 0 bridgehead atoms. The number of rotatable bonds is 2. The van der Waals surface area contributed by atoms with Crippen molar-refractivity contribution in [3.8, 4) is 11.8 Å². The second kappa shape index (κ2) is 6.40. The van der Waals surface area contributed by atoms with Gasteiger partial charge in [-0.3, -0.25) is 5.32 Å². The summed E-state index contributed by atoms with van der Waals surface area (Å²) in [6.07, 6.45) is -3.76. The maximum atomic E-state index is 13.9. The highest BCUT2D eigenvalue weighted by molar-refractivity contribution is 5.90. The predicted molar refractivity (Wildman–Crippen MR) is 78.2 cm³/mol. The van der Waals surface area contributed by atoms with Crippen molar-refractivity contribution >= 4 is 11.7 Å². The number of anilines is 1. The number of hydrogen-bond donors (Lipinski definition) is 2. The van der Waals surface area contributed by atoms with E-state index in [2.05, 4.69) is 21.4 Å². The number of halogens is 4. The third-order valence-electron chi connectivity index (χ3n) is 4.27. The molecule has 2 amide bonds. The van der Waals surface area contributed by atoms with Crippen LogP contribution in [-0.2, 0) is 0 Å². The lowest BCUT2D eigenvalue weighted by Crippen LogP contribution is -2.41. The third kappa shape index (κ3) is 3.76. The molecule has 10 heteroatoms. The first-order valence-corrected chi connectivity index (χ1v) is 7.55. The molecule has 1 unspecified atom stereocenters. The molecule has 0 aromatic heterocycles. The van der Waals surface area contributed by atoms with Crippen LogP contribution in [0.4, 0.5) is 28.0 Å². The Bertz CT molecular complexity index is 718. The number of nitriles is 1. The molecule has 134 valence electrons. The fourth-order valence-electron chi connectivity index (χ4n) is 3.23. The Kier molecular flexibility index (Phi) is 4.43. The monoisotopic (exact) mass is 358 g/mol. The van der Waals surface area contributed by atoms with Gasteiger partial charge in [0.15, 0.2) is 0 Å². The molecule has 0 spiro atoms. The lowest BCUT2D eigenvalue weighted by Gasteiger charge is -2.24. The normalized spacial score (nSPS) is 25.4. The van der Waals surface area contributed by atoms with Gasteiger partial charge in [0.1, 0.15) is 11.6 Å². The summed E-state index contributed by atoms with van der Waals surface area (Å²) in [4.78, 5) is 13.9. The second-order valence-corrected chi connectivity index (χ2v) is 5.86. The number of nitrogens with one attached hydrogen (secondary N) is 2. The third-order valence-corrected chi connectivity index (χ3v) is 4.27. The number of nitrogens with zero attached hydrogens (tertiary/aromatic N) is 2. The van der Waals surface area contributed by atoms with Gasteiger partial charge in [-0.2, -0.15) is 5.26 Å². The number of carbonyl (C=O) groups is 1. The zero-order valence-electron chi connectivity index (χ0n) is 12.8. The summed E-state index contributed by atoms with van der Waals surface area (Å²) in [5.41, 5.74) is -0.245. The number of likely N-dealkylation sites (tertiary alicyclic amines) is 1. The molecular formula is C15H14F4N4O2. The molecule has 0 saturated carbocycles. The molecule has 2 aliphatic rings. The molecule has 3 rings (SSSR count). The topological polar surface area (TPSA) is 77.4 Å². The van der Waals surface area contributed by atoms with Crippen LogP contribution >= 0.6 is 0 Å². The minimum absolute atomic E-state index is 0.0165. The Labute approximate surface area is 140 Å². The van der Waals surface area contributed by atoms with Gasteiger partial charge in [0.25, 0.3) is 0 Å². The Balaban J connectivity index is 1.66. The van der Waals surface area contributed by atoms with E-state index in [1.54, 1.807) is 0 Å². The lowest BCUT2D eigenvalue weighted by molar-refractivity contribution is -0.274. The van der Waals surface area contributed by atoms with E-state index in [9.17, 15) is 22.4 Å². The largest absolute Gasteiger partial charge is 0.573 e. The number of ether oxygens (including phenoxy) is 1. The van der Waals surface area contributed by atoms with Crippen LogP contribution in [0.15, 0.2) is 18.2 Å². The Morgan fingerprint density at radius 2 is 2.20 bits per heavy atom. The zero-order chi connectivity index (χ0) is 18.2. The molecule has 0 aliphatic carbocycles. The molecule has 2 fully saturated rings. The van der Waals surface area contributed by atoms with Crippen LogP contribution < -0.4 is 15.4 Å². The number of fused-ring (bicyclic) bond motifs is 1. The molecule has 0 radical (unpaired) electrons. The van der Waals surface area contributed by atoms with Crippen molar-refractivity contribution in [1.29, 1.82) is 5.26 Å². The Hall–Kier alpha value is -2.54. The molecule has 2 aliphatic heterocycles. The van der Waals surface area contributed by atoms with Crippen LogP contribution in [0.25, 0.3) is 0 Å². The summed E-state index contributed by atoms with van der Waals surface area (Å²) >= 11 is 0. The first kappa shape index (κ1) is 17.3. The van der Waals surface area contributed by atoms with Crippen molar-refractivity contribution < 1.29 is 27.1 Å². The van der Waals surface area contributed by atoms with Crippen molar-refractivity contribution in [3.05, 3.63) is 24.0 Å². The van der Waals surface area contributed by atoms with Crippen molar-refractivity contribution in [3.63, 3.8) is 0 Å². The van der Waals surface area contributed by atoms with Gasteiger partial charge >= 0.3 is 12.4 Å². The molecule has 2 saturated heterocycles. The molecule has 3 atom stereocenters. The number of urea groups is 1. The van der Waals surface area contributed by atoms with Gasteiger partial charge in [-0.1, -0.05) is 0 Å². The maximum absolute atomic E-state index is 13.9. The molecule has 1 aromatic rings. The maximum Gasteiger partial charge on any atom is 0.573 e. The van der Waals surface area contributed by atoms with Crippen LogP contribution in [0, 0.1) is 17.1 Å². The summed E-state index contributed by atoms with van der Waals surface area (Å²) in [6, 6.07) is 3.54. The summed E-state index contributed by atoms with van der Waals surface area (Å²) in [5.74, 6) is -1.74. The van der Waals surface area contributed by atoms with Crippen molar-refractivity contribution in [2.45, 2.75) is 37.3 Å². The second-order valence-electron chi connectivity index (χ2n) is 5.86. The fraction of sp³-hybridized carbons (Fsp3) is 0.467. The van der Waals surface area contributed by atoms with E-state index in [0.29, 0.717) is 25.5 Å². The van der Waals surface area contributed by atoms with Gasteiger partial charge in [-0.15, -0.1) is 13.2 Å². The quantitative estimate of drug-likeness (QED) is 0.797. The number of amides is 2. The van der Waals surface area contributed by atoms with E-state index in [4.69, 9.17) is 5.26 Å². The highest BCUT2D eigenvalue weighted by Gasteiger charge is 2.44. The Morgan fingerprint density at radius 3 is 2.84 bits per heavy atom. The minimum Gasteiger partial charge on any atom is -0.406 e. The van der Waals surface area contributed by atoms with E-state index in [-0.39, 0.29) is 23.8 Å². The van der Waals surface area contributed by atoms with E-state index in [0.717, 1.165) is 12.1 Å². The van der Waals surface area contributed by atoms with Crippen LogP contribution in [-0.4, -0.2) is 42.0 Å².